The van der Waals surface area contributed by atoms with Crippen molar-refractivity contribution in [1.29, 1.82) is 0 Å². The summed E-state index contributed by atoms with van der Waals surface area (Å²) in [4.78, 5) is 14.4. The molecule has 0 unspecified atom stereocenters. The van der Waals surface area contributed by atoms with Crippen molar-refractivity contribution in [2.45, 2.75) is 12.6 Å². The van der Waals surface area contributed by atoms with Crippen molar-refractivity contribution in [2.75, 3.05) is 16.8 Å². The zero-order valence-electron chi connectivity index (χ0n) is 14.6. The summed E-state index contributed by atoms with van der Waals surface area (Å²) in [5, 5.41) is 10.6. The minimum atomic E-state index is -4.42. The third kappa shape index (κ3) is 3.53. The van der Waals surface area contributed by atoms with E-state index in [4.69, 9.17) is 0 Å². The number of rotatable bonds is 3. The van der Waals surface area contributed by atoms with Crippen molar-refractivity contribution in [3.8, 4) is 0 Å². The molecule has 0 radical (unpaired) electrons. The molecule has 142 valence electrons. The molecule has 3 aromatic rings. The highest BCUT2D eigenvalue weighted by molar-refractivity contribution is 6.06. The number of hydrogen-bond donors (Lipinski definition) is 1. The van der Waals surface area contributed by atoms with E-state index in [0.29, 0.717) is 6.54 Å². The highest BCUT2D eigenvalue weighted by Crippen LogP contribution is 2.31. The van der Waals surface area contributed by atoms with Gasteiger partial charge in [0.1, 0.15) is 0 Å². The Morgan fingerprint density at radius 2 is 1.82 bits per heavy atom. The van der Waals surface area contributed by atoms with E-state index in [0.717, 1.165) is 29.8 Å². The molecule has 4 rings (SSSR count). The predicted molar refractivity (Wildman–Crippen MR) is 98.6 cm³/mol. The van der Waals surface area contributed by atoms with Crippen LogP contribution in [0.5, 0.6) is 0 Å². The Hall–Kier alpha value is -3.42. The number of benzene rings is 2. The second kappa shape index (κ2) is 6.95. The molecule has 8 heteroatoms. The van der Waals surface area contributed by atoms with Gasteiger partial charge in [0.2, 0.25) is 0 Å². The van der Waals surface area contributed by atoms with Crippen LogP contribution in [0.1, 0.15) is 21.6 Å². The van der Waals surface area contributed by atoms with Crippen molar-refractivity contribution in [2.24, 2.45) is 0 Å². The summed E-state index contributed by atoms with van der Waals surface area (Å²) in [7, 11) is 0. The summed E-state index contributed by atoms with van der Waals surface area (Å²) in [5.74, 6) is -0.0132. The van der Waals surface area contributed by atoms with Gasteiger partial charge in [-0.2, -0.15) is 13.2 Å². The number of fused-ring (bicyclic) bond motifs is 1. The monoisotopic (exact) mass is 384 g/mol. The fourth-order valence-electron chi connectivity index (χ4n) is 3.12. The van der Waals surface area contributed by atoms with Gasteiger partial charge in [0.05, 0.1) is 5.56 Å². The van der Waals surface area contributed by atoms with Crippen LogP contribution >= 0.6 is 0 Å². The van der Waals surface area contributed by atoms with Gasteiger partial charge in [-0.25, -0.2) is 0 Å². The Kier molecular flexibility index (Phi) is 4.46. The van der Waals surface area contributed by atoms with Crippen LogP contribution < -0.4 is 10.2 Å². The number of alkyl halides is 3. The maximum Gasteiger partial charge on any atom is 0.416 e. The molecule has 1 aromatic heterocycles. The molecule has 0 saturated carbocycles. The van der Waals surface area contributed by atoms with E-state index in [1.54, 1.807) is 4.90 Å². The molecule has 28 heavy (non-hydrogen) atoms. The third-order valence-electron chi connectivity index (χ3n) is 4.48. The van der Waals surface area contributed by atoms with Crippen LogP contribution in [0.4, 0.5) is 30.4 Å². The van der Waals surface area contributed by atoms with Crippen molar-refractivity contribution in [3.63, 3.8) is 0 Å². The van der Waals surface area contributed by atoms with Gasteiger partial charge in [-0.05, 0) is 48.4 Å². The SMILES string of the molecule is O=C(c1ccc(Nc2cccc(C(F)(F)F)c2)nn1)N1CCc2ccccc21. The van der Waals surface area contributed by atoms with E-state index in [1.165, 1.54) is 24.3 Å². The molecule has 0 bridgehead atoms. The first-order chi connectivity index (χ1) is 13.4. The minimum Gasteiger partial charge on any atom is -0.339 e. The van der Waals surface area contributed by atoms with Crippen LogP contribution in [0, 0.1) is 0 Å². The molecule has 1 aliphatic heterocycles. The maximum atomic E-state index is 12.8. The minimum absolute atomic E-state index is 0.172. The smallest absolute Gasteiger partial charge is 0.339 e. The number of amides is 1. The van der Waals surface area contributed by atoms with Crippen LogP contribution in [-0.4, -0.2) is 22.6 Å². The standard InChI is InChI=1S/C20H15F3N4O/c21-20(22,23)14-5-3-6-15(12-14)24-18-9-8-16(25-26-18)19(28)27-11-10-13-4-1-2-7-17(13)27/h1-9,12H,10-11H2,(H,24,26). The van der Waals surface area contributed by atoms with Gasteiger partial charge in [0.15, 0.2) is 11.5 Å². The Morgan fingerprint density at radius 3 is 2.57 bits per heavy atom. The van der Waals surface area contributed by atoms with E-state index in [-0.39, 0.29) is 23.1 Å². The Balaban J connectivity index is 1.50. The van der Waals surface area contributed by atoms with Crippen LogP contribution in [-0.2, 0) is 12.6 Å². The Bertz CT molecular complexity index is 1020. The zero-order chi connectivity index (χ0) is 19.7. The number of para-hydroxylation sites is 1. The molecule has 0 fully saturated rings. The van der Waals surface area contributed by atoms with Crippen LogP contribution in [0.25, 0.3) is 0 Å². The highest BCUT2D eigenvalue weighted by Gasteiger charge is 2.30. The number of carbonyl (C=O) groups is 1. The van der Waals surface area contributed by atoms with E-state index < -0.39 is 11.7 Å². The van der Waals surface area contributed by atoms with Crippen LogP contribution in [0.2, 0.25) is 0 Å². The van der Waals surface area contributed by atoms with Crippen molar-refractivity contribution < 1.29 is 18.0 Å². The first kappa shape index (κ1) is 18.0. The Morgan fingerprint density at radius 1 is 1.00 bits per heavy atom. The molecule has 2 aromatic carbocycles. The molecular weight excluding hydrogens is 369 g/mol. The lowest BCUT2D eigenvalue weighted by Crippen LogP contribution is -2.29. The highest BCUT2D eigenvalue weighted by atomic mass is 19.4. The maximum absolute atomic E-state index is 12.8. The lowest BCUT2D eigenvalue weighted by atomic mass is 10.2. The summed E-state index contributed by atoms with van der Waals surface area (Å²) >= 11 is 0. The van der Waals surface area contributed by atoms with Crippen molar-refractivity contribution in [1.82, 2.24) is 10.2 Å². The molecule has 0 spiro atoms. The molecule has 1 amide bonds. The average molecular weight is 384 g/mol. The van der Waals surface area contributed by atoms with Gasteiger partial charge in [0, 0.05) is 17.9 Å². The van der Waals surface area contributed by atoms with Gasteiger partial charge in [-0.3, -0.25) is 4.79 Å². The Labute approximate surface area is 158 Å². The second-order valence-corrected chi connectivity index (χ2v) is 6.34. The zero-order valence-corrected chi connectivity index (χ0v) is 14.6. The fourth-order valence-corrected chi connectivity index (χ4v) is 3.12. The summed E-state index contributed by atoms with van der Waals surface area (Å²) < 4.78 is 38.4. The number of aromatic nitrogens is 2. The fraction of sp³-hybridized carbons (Fsp3) is 0.150. The first-order valence-electron chi connectivity index (χ1n) is 8.59. The summed E-state index contributed by atoms with van der Waals surface area (Å²) in [5.41, 5.74) is 1.61. The lowest BCUT2D eigenvalue weighted by molar-refractivity contribution is -0.137. The second-order valence-electron chi connectivity index (χ2n) is 6.34. The third-order valence-corrected chi connectivity index (χ3v) is 4.48. The van der Waals surface area contributed by atoms with Crippen molar-refractivity contribution in [3.05, 3.63) is 77.5 Å². The van der Waals surface area contributed by atoms with E-state index >= 15 is 0 Å². The number of halogens is 3. The van der Waals surface area contributed by atoms with Gasteiger partial charge < -0.3 is 10.2 Å². The first-order valence-corrected chi connectivity index (χ1v) is 8.59. The average Bonchev–Trinajstić information content (AvgIpc) is 3.12. The molecule has 0 aliphatic carbocycles. The molecule has 0 atom stereocenters. The molecular formula is C20H15F3N4O. The number of nitrogens with zero attached hydrogens (tertiary/aromatic N) is 3. The van der Waals surface area contributed by atoms with E-state index in [9.17, 15) is 18.0 Å². The summed E-state index contributed by atoms with van der Waals surface area (Å²) in [6.45, 7) is 0.574. The van der Waals surface area contributed by atoms with Gasteiger partial charge in [0.25, 0.3) is 5.91 Å². The van der Waals surface area contributed by atoms with Crippen LogP contribution in [0.3, 0.4) is 0 Å². The van der Waals surface area contributed by atoms with Gasteiger partial charge in [-0.1, -0.05) is 24.3 Å². The summed E-state index contributed by atoms with van der Waals surface area (Å²) in [6.07, 6.45) is -3.64. The molecule has 1 aliphatic rings. The summed E-state index contributed by atoms with van der Waals surface area (Å²) in [6, 6.07) is 15.5. The molecule has 2 heterocycles. The normalized spacial score (nSPS) is 13.3. The number of carbonyl (C=O) groups excluding carboxylic acids is 1. The topological polar surface area (TPSA) is 58.1 Å². The number of anilines is 3. The molecule has 5 nitrogen and oxygen atoms in total. The van der Waals surface area contributed by atoms with E-state index in [1.807, 2.05) is 24.3 Å². The van der Waals surface area contributed by atoms with Crippen LogP contribution in [0.15, 0.2) is 60.7 Å². The molecule has 0 saturated heterocycles. The molecule has 1 N–H and O–H groups in total. The van der Waals surface area contributed by atoms with Gasteiger partial charge in [-0.15, -0.1) is 10.2 Å². The van der Waals surface area contributed by atoms with Gasteiger partial charge >= 0.3 is 6.18 Å². The lowest BCUT2D eigenvalue weighted by Gasteiger charge is -2.16. The quantitative estimate of drug-likeness (QED) is 0.725. The van der Waals surface area contributed by atoms with E-state index in [2.05, 4.69) is 15.5 Å². The number of hydrogen-bond acceptors (Lipinski definition) is 4. The van der Waals surface area contributed by atoms with Crippen molar-refractivity contribution >= 4 is 23.1 Å². The predicted octanol–water partition coefficient (Wildman–Crippen LogP) is 4.44. The number of nitrogens with one attached hydrogen (secondary N) is 1. The largest absolute Gasteiger partial charge is 0.416 e.